The predicted octanol–water partition coefficient (Wildman–Crippen LogP) is 4.71. The van der Waals surface area contributed by atoms with Gasteiger partial charge < -0.3 is 4.98 Å². The van der Waals surface area contributed by atoms with E-state index >= 15 is 0 Å². The van der Waals surface area contributed by atoms with E-state index in [1.807, 2.05) is 12.1 Å². The zero-order valence-corrected chi connectivity index (χ0v) is 11.3. The van der Waals surface area contributed by atoms with Crippen molar-refractivity contribution in [2.45, 2.75) is 0 Å². The molecule has 1 heterocycles. The standard InChI is InChI=1S/C15H9Cl2NO/c16-11-3-1-2-10(6-11)15(19)14-7-9-4-5-12(17)8-13(9)18-14/h1-8,18H. The van der Waals surface area contributed by atoms with Gasteiger partial charge in [0.2, 0.25) is 5.78 Å². The first-order valence-electron chi connectivity index (χ1n) is 5.72. The van der Waals surface area contributed by atoms with Gasteiger partial charge in [-0.05, 0) is 30.3 Å². The minimum Gasteiger partial charge on any atom is -0.352 e. The molecule has 0 spiro atoms. The van der Waals surface area contributed by atoms with Crippen molar-refractivity contribution in [2.75, 3.05) is 0 Å². The first-order valence-corrected chi connectivity index (χ1v) is 6.47. The summed E-state index contributed by atoms with van der Waals surface area (Å²) in [5, 5.41) is 2.14. The van der Waals surface area contributed by atoms with E-state index in [0.717, 1.165) is 10.9 Å². The van der Waals surface area contributed by atoms with E-state index in [1.165, 1.54) is 0 Å². The summed E-state index contributed by atoms with van der Waals surface area (Å²) in [7, 11) is 0. The molecule has 0 aliphatic carbocycles. The molecule has 0 aliphatic rings. The SMILES string of the molecule is O=C(c1cccc(Cl)c1)c1cc2ccc(Cl)cc2[nH]1. The number of benzene rings is 2. The van der Waals surface area contributed by atoms with Gasteiger partial charge in [-0.15, -0.1) is 0 Å². The van der Waals surface area contributed by atoms with Gasteiger partial charge >= 0.3 is 0 Å². The number of hydrogen-bond donors (Lipinski definition) is 1. The van der Waals surface area contributed by atoms with Crippen LogP contribution in [0.25, 0.3) is 10.9 Å². The zero-order chi connectivity index (χ0) is 13.4. The third-order valence-corrected chi connectivity index (χ3v) is 3.39. The molecule has 1 aromatic heterocycles. The van der Waals surface area contributed by atoms with Gasteiger partial charge in [-0.2, -0.15) is 0 Å². The Morgan fingerprint density at radius 1 is 0.947 bits per heavy atom. The van der Waals surface area contributed by atoms with E-state index < -0.39 is 0 Å². The summed E-state index contributed by atoms with van der Waals surface area (Å²) in [5.74, 6) is -0.0881. The highest BCUT2D eigenvalue weighted by atomic mass is 35.5. The van der Waals surface area contributed by atoms with E-state index in [-0.39, 0.29) is 5.78 Å². The molecule has 0 fully saturated rings. The lowest BCUT2D eigenvalue weighted by Gasteiger charge is -1.98. The van der Waals surface area contributed by atoms with Gasteiger partial charge in [0, 0.05) is 26.5 Å². The van der Waals surface area contributed by atoms with Crippen molar-refractivity contribution in [2.24, 2.45) is 0 Å². The summed E-state index contributed by atoms with van der Waals surface area (Å²) in [6.45, 7) is 0. The number of halogens is 2. The Hall–Kier alpha value is -1.77. The third kappa shape index (κ3) is 2.37. The number of aromatic nitrogens is 1. The van der Waals surface area contributed by atoms with Crippen molar-refractivity contribution in [3.63, 3.8) is 0 Å². The number of aromatic amines is 1. The molecule has 2 aromatic carbocycles. The van der Waals surface area contributed by atoms with Crippen LogP contribution in [0.2, 0.25) is 10.0 Å². The molecule has 1 N–H and O–H groups in total. The van der Waals surface area contributed by atoms with Crippen molar-refractivity contribution in [1.29, 1.82) is 0 Å². The second-order valence-electron chi connectivity index (χ2n) is 4.25. The van der Waals surface area contributed by atoms with Crippen LogP contribution in [0.3, 0.4) is 0 Å². The van der Waals surface area contributed by atoms with Gasteiger partial charge in [-0.25, -0.2) is 0 Å². The third-order valence-electron chi connectivity index (χ3n) is 2.92. The molecule has 94 valence electrons. The van der Waals surface area contributed by atoms with Gasteiger partial charge in [0.15, 0.2) is 0 Å². The van der Waals surface area contributed by atoms with Crippen molar-refractivity contribution in [3.8, 4) is 0 Å². The summed E-state index contributed by atoms with van der Waals surface area (Å²) >= 11 is 11.8. The minimum absolute atomic E-state index is 0.0881. The monoisotopic (exact) mass is 289 g/mol. The zero-order valence-electron chi connectivity index (χ0n) is 9.78. The summed E-state index contributed by atoms with van der Waals surface area (Å²) < 4.78 is 0. The van der Waals surface area contributed by atoms with Gasteiger partial charge in [0.1, 0.15) is 0 Å². The number of hydrogen-bond acceptors (Lipinski definition) is 1. The number of carbonyl (C=O) groups excluding carboxylic acids is 1. The smallest absolute Gasteiger partial charge is 0.209 e. The first-order chi connectivity index (χ1) is 9.13. The summed E-state index contributed by atoms with van der Waals surface area (Å²) in [6.07, 6.45) is 0. The van der Waals surface area contributed by atoms with Crippen LogP contribution in [0, 0.1) is 0 Å². The Balaban J connectivity index is 2.06. The maximum absolute atomic E-state index is 12.3. The molecule has 3 rings (SSSR count). The molecule has 0 radical (unpaired) electrons. The van der Waals surface area contributed by atoms with E-state index in [1.54, 1.807) is 36.4 Å². The lowest BCUT2D eigenvalue weighted by molar-refractivity contribution is 0.103. The molecule has 0 unspecified atom stereocenters. The van der Waals surface area contributed by atoms with Crippen molar-refractivity contribution < 1.29 is 4.79 Å². The fraction of sp³-hybridized carbons (Fsp3) is 0. The molecule has 0 saturated heterocycles. The van der Waals surface area contributed by atoms with Gasteiger partial charge in [-0.3, -0.25) is 4.79 Å². The fourth-order valence-corrected chi connectivity index (χ4v) is 2.37. The number of carbonyl (C=O) groups is 1. The summed E-state index contributed by atoms with van der Waals surface area (Å²) in [6, 6.07) is 14.2. The molecular weight excluding hydrogens is 281 g/mol. The minimum atomic E-state index is -0.0881. The molecule has 3 aromatic rings. The average molecular weight is 290 g/mol. The van der Waals surface area contributed by atoms with Crippen LogP contribution >= 0.6 is 23.2 Å². The molecule has 0 atom stereocenters. The van der Waals surface area contributed by atoms with Crippen molar-refractivity contribution in [3.05, 3.63) is 69.8 Å². The molecule has 0 bridgehead atoms. The molecule has 19 heavy (non-hydrogen) atoms. The number of H-pyrrole nitrogens is 1. The Morgan fingerprint density at radius 2 is 1.74 bits per heavy atom. The maximum atomic E-state index is 12.3. The molecule has 0 aliphatic heterocycles. The normalized spacial score (nSPS) is 10.8. The Bertz CT molecular complexity index is 777. The second kappa shape index (κ2) is 4.72. The van der Waals surface area contributed by atoms with Crippen LogP contribution < -0.4 is 0 Å². The van der Waals surface area contributed by atoms with Gasteiger partial charge in [0.05, 0.1) is 5.69 Å². The molecule has 2 nitrogen and oxygen atoms in total. The molecule has 4 heteroatoms. The highest BCUT2D eigenvalue weighted by Gasteiger charge is 2.12. The number of nitrogens with one attached hydrogen (secondary N) is 1. The highest BCUT2D eigenvalue weighted by Crippen LogP contribution is 2.22. The van der Waals surface area contributed by atoms with E-state index in [2.05, 4.69) is 4.98 Å². The van der Waals surface area contributed by atoms with Crippen LogP contribution in [-0.4, -0.2) is 10.8 Å². The lowest BCUT2D eigenvalue weighted by Crippen LogP contribution is -2.01. The predicted molar refractivity (Wildman–Crippen MR) is 78.2 cm³/mol. The second-order valence-corrected chi connectivity index (χ2v) is 5.13. The van der Waals surface area contributed by atoms with E-state index in [9.17, 15) is 4.79 Å². The van der Waals surface area contributed by atoms with Crippen LogP contribution in [-0.2, 0) is 0 Å². The van der Waals surface area contributed by atoms with Crippen molar-refractivity contribution >= 4 is 39.9 Å². The van der Waals surface area contributed by atoms with E-state index in [4.69, 9.17) is 23.2 Å². The van der Waals surface area contributed by atoms with Crippen LogP contribution in [0.4, 0.5) is 0 Å². The van der Waals surface area contributed by atoms with Crippen LogP contribution in [0.1, 0.15) is 16.1 Å². The number of fused-ring (bicyclic) bond motifs is 1. The molecular formula is C15H9Cl2NO. The topological polar surface area (TPSA) is 32.9 Å². The maximum Gasteiger partial charge on any atom is 0.209 e. The Kier molecular flexibility index (Phi) is 3.05. The largest absolute Gasteiger partial charge is 0.352 e. The van der Waals surface area contributed by atoms with Crippen LogP contribution in [0.15, 0.2) is 48.5 Å². The molecule has 0 amide bonds. The summed E-state index contributed by atoms with van der Waals surface area (Å²) in [5.41, 5.74) is 1.93. The number of ketones is 1. The Labute approximate surface area is 120 Å². The molecule has 0 saturated carbocycles. The first kappa shape index (κ1) is 12.3. The van der Waals surface area contributed by atoms with Crippen LogP contribution in [0.5, 0.6) is 0 Å². The highest BCUT2D eigenvalue weighted by molar-refractivity contribution is 6.31. The fourth-order valence-electron chi connectivity index (χ4n) is 2.01. The average Bonchev–Trinajstić information content (AvgIpc) is 2.80. The lowest BCUT2D eigenvalue weighted by atomic mass is 10.1. The number of rotatable bonds is 2. The summed E-state index contributed by atoms with van der Waals surface area (Å²) in [4.78, 5) is 15.4. The van der Waals surface area contributed by atoms with Gasteiger partial charge in [-0.1, -0.05) is 41.4 Å². The Morgan fingerprint density at radius 3 is 2.53 bits per heavy atom. The van der Waals surface area contributed by atoms with E-state index in [0.29, 0.717) is 21.3 Å². The van der Waals surface area contributed by atoms with Crippen molar-refractivity contribution in [1.82, 2.24) is 4.98 Å². The quantitative estimate of drug-likeness (QED) is 0.681. The van der Waals surface area contributed by atoms with Gasteiger partial charge in [0.25, 0.3) is 0 Å².